The van der Waals surface area contributed by atoms with Gasteiger partial charge in [0.15, 0.2) is 5.58 Å². The molecular weight excluding hydrogens is 318 g/mol. The van der Waals surface area contributed by atoms with Crippen LogP contribution >= 0.6 is 11.3 Å². The molecule has 0 atom stereocenters. The molecule has 0 radical (unpaired) electrons. The highest BCUT2D eigenvalue weighted by Gasteiger charge is 2.08. The number of hydrogen-bond donors (Lipinski definition) is 3. The molecule has 0 fully saturated rings. The number of hydrogen-bond acceptors (Lipinski definition) is 5. The number of anilines is 1. The summed E-state index contributed by atoms with van der Waals surface area (Å²) in [6.45, 7) is 0.243. The molecule has 0 unspecified atom stereocenters. The summed E-state index contributed by atoms with van der Waals surface area (Å²) < 4.78 is 4.88. The smallest absolute Gasteiger partial charge is 0.408 e. The van der Waals surface area contributed by atoms with E-state index in [1.54, 1.807) is 30.3 Å². The molecule has 8 heteroatoms. The topological polar surface area (TPSA) is 104 Å². The minimum absolute atomic E-state index is 0.150. The zero-order chi connectivity index (χ0) is 16.2. The van der Waals surface area contributed by atoms with Crippen LogP contribution in [0.15, 0.2) is 44.9 Å². The van der Waals surface area contributed by atoms with Crippen molar-refractivity contribution in [2.75, 3.05) is 11.9 Å². The zero-order valence-electron chi connectivity index (χ0n) is 11.9. The van der Waals surface area contributed by atoms with Crippen molar-refractivity contribution in [3.05, 3.63) is 51.1 Å². The summed E-state index contributed by atoms with van der Waals surface area (Å²) in [5.41, 5.74) is 1.49. The van der Waals surface area contributed by atoms with E-state index < -0.39 is 5.76 Å². The maximum Gasteiger partial charge on any atom is 0.417 e. The number of nitrogens with one attached hydrogen (secondary N) is 3. The number of rotatable bonds is 5. The number of thiophene rings is 1. The zero-order valence-corrected chi connectivity index (χ0v) is 12.7. The molecule has 118 valence electrons. The number of benzene rings is 1. The molecule has 1 aromatic carbocycles. The lowest BCUT2D eigenvalue weighted by molar-refractivity contribution is -0.116. The Bertz CT molecular complexity index is 895. The van der Waals surface area contributed by atoms with Gasteiger partial charge in [0.05, 0.1) is 10.4 Å². The number of fused-ring (bicyclic) bond motifs is 1. The number of carbonyl (C=O) groups excluding carboxylic acids is 2. The van der Waals surface area contributed by atoms with Crippen LogP contribution in [0.1, 0.15) is 16.1 Å². The maximum absolute atomic E-state index is 11.9. The fraction of sp³-hybridized carbons (Fsp3) is 0.133. The van der Waals surface area contributed by atoms with Crippen LogP contribution in [0.2, 0.25) is 0 Å². The quantitative estimate of drug-likeness (QED) is 0.664. The molecule has 3 rings (SSSR count). The Balaban J connectivity index is 1.52. The van der Waals surface area contributed by atoms with E-state index in [1.165, 1.54) is 11.3 Å². The third-order valence-corrected chi connectivity index (χ3v) is 3.95. The summed E-state index contributed by atoms with van der Waals surface area (Å²) in [6, 6.07) is 8.37. The van der Waals surface area contributed by atoms with E-state index in [0.717, 1.165) is 0 Å². The van der Waals surface area contributed by atoms with Crippen molar-refractivity contribution in [3.63, 3.8) is 0 Å². The third-order valence-electron chi connectivity index (χ3n) is 3.09. The minimum Gasteiger partial charge on any atom is -0.408 e. The number of oxazole rings is 1. The van der Waals surface area contributed by atoms with E-state index in [2.05, 4.69) is 15.6 Å². The summed E-state index contributed by atoms with van der Waals surface area (Å²) >= 11 is 1.35. The van der Waals surface area contributed by atoms with Gasteiger partial charge in [0.1, 0.15) is 0 Å². The van der Waals surface area contributed by atoms with Crippen LogP contribution in [0.25, 0.3) is 11.1 Å². The van der Waals surface area contributed by atoms with Crippen molar-refractivity contribution >= 4 is 39.9 Å². The molecule has 7 nitrogen and oxygen atoms in total. The van der Waals surface area contributed by atoms with Crippen molar-refractivity contribution < 1.29 is 14.0 Å². The summed E-state index contributed by atoms with van der Waals surface area (Å²) in [7, 11) is 0. The first kappa shape index (κ1) is 15.0. The minimum atomic E-state index is -0.542. The number of aromatic nitrogens is 1. The second-order valence-electron chi connectivity index (χ2n) is 4.76. The van der Waals surface area contributed by atoms with Gasteiger partial charge in [-0.2, -0.15) is 0 Å². The predicted octanol–water partition coefficient (Wildman–Crippen LogP) is 1.94. The fourth-order valence-corrected chi connectivity index (χ4v) is 2.68. The van der Waals surface area contributed by atoms with Crippen LogP contribution in [0, 0.1) is 0 Å². The molecule has 0 aliphatic heterocycles. The first-order valence-electron chi connectivity index (χ1n) is 6.86. The van der Waals surface area contributed by atoms with Gasteiger partial charge < -0.3 is 15.1 Å². The Labute approximate surface area is 134 Å². The van der Waals surface area contributed by atoms with Gasteiger partial charge in [-0.3, -0.25) is 14.6 Å². The molecule has 0 aliphatic carbocycles. The van der Waals surface area contributed by atoms with E-state index in [9.17, 15) is 14.4 Å². The first-order chi connectivity index (χ1) is 11.1. The van der Waals surface area contributed by atoms with Crippen LogP contribution in [-0.2, 0) is 4.79 Å². The highest BCUT2D eigenvalue weighted by Crippen LogP contribution is 2.16. The number of amides is 2. The molecule has 0 aliphatic rings. The molecule has 0 bridgehead atoms. The fourth-order valence-electron chi connectivity index (χ4n) is 2.04. The Kier molecular flexibility index (Phi) is 4.24. The van der Waals surface area contributed by atoms with Gasteiger partial charge in [0.2, 0.25) is 5.91 Å². The molecule has 0 saturated heterocycles. The van der Waals surface area contributed by atoms with Crippen LogP contribution < -0.4 is 16.4 Å². The van der Waals surface area contributed by atoms with E-state index >= 15 is 0 Å². The van der Waals surface area contributed by atoms with Crippen molar-refractivity contribution in [3.8, 4) is 0 Å². The molecule has 0 spiro atoms. The molecule has 2 amide bonds. The van der Waals surface area contributed by atoms with Crippen molar-refractivity contribution in [1.29, 1.82) is 0 Å². The first-order valence-corrected chi connectivity index (χ1v) is 7.74. The van der Waals surface area contributed by atoms with Crippen LogP contribution in [0.3, 0.4) is 0 Å². The second-order valence-corrected chi connectivity index (χ2v) is 5.70. The summed E-state index contributed by atoms with van der Waals surface area (Å²) in [5.74, 6) is -0.966. The van der Waals surface area contributed by atoms with Crippen molar-refractivity contribution in [2.45, 2.75) is 6.42 Å². The predicted molar refractivity (Wildman–Crippen MR) is 86.7 cm³/mol. The van der Waals surface area contributed by atoms with Gasteiger partial charge >= 0.3 is 5.76 Å². The lowest BCUT2D eigenvalue weighted by Crippen LogP contribution is -2.27. The standard InChI is InChI=1S/C15H13N3O4S/c19-13(5-6-16-14(20)12-2-1-7-23-12)17-9-3-4-11-10(8-9)18-15(21)22-11/h1-4,7-8H,5-6H2,(H,16,20)(H,17,19)(H,18,21). The van der Waals surface area contributed by atoms with Crippen LogP contribution in [-0.4, -0.2) is 23.3 Å². The Hall–Kier alpha value is -2.87. The molecule has 3 aromatic rings. The SMILES string of the molecule is O=C(CCNC(=O)c1cccs1)Nc1ccc2oc(=O)[nH]c2c1. The number of aromatic amines is 1. The normalized spacial score (nSPS) is 10.6. The van der Waals surface area contributed by atoms with Gasteiger partial charge in [-0.15, -0.1) is 11.3 Å². The summed E-state index contributed by atoms with van der Waals surface area (Å²) in [6.07, 6.45) is 0.150. The van der Waals surface area contributed by atoms with Gasteiger partial charge in [0.25, 0.3) is 5.91 Å². The van der Waals surface area contributed by atoms with Crippen LogP contribution in [0.4, 0.5) is 5.69 Å². The second kappa shape index (κ2) is 6.49. The molecule has 23 heavy (non-hydrogen) atoms. The van der Waals surface area contributed by atoms with Gasteiger partial charge in [0, 0.05) is 18.7 Å². The number of carbonyl (C=O) groups is 2. The average molecular weight is 331 g/mol. The average Bonchev–Trinajstić information content (AvgIpc) is 3.15. The Morgan fingerprint density at radius 3 is 2.91 bits per heavy atom. The van der Waals surface area contributed by atoms with E-state index in [1.807, 2.05) is 5.38 Å². The number of H-pyrrole nitrogens is 1. The lowest BCUT2D eigenvalue weighted by Gasteiger charge is -2.06. The molecular formula is C15H13N3O4S. The summed E-state index contributed by atoms with van der Waals surface area (Å²) in [4.78, 5) is 37.8. The van der Waals surface area contributed by atoms with Crippen molar-refractivity contribution in [1.82, 2.24) is 10.3 Å². The van der Waals surface area contributed by atoms with Gasteiger partial charge in [-0.05, 0) is 29.6 Å². The van der Waals surface area contributed by atoms with Crippen molar-refractivity contribution in [2.24, 2.45) is 0 Å². The maximum atomic E-state index is 11.9. The van der Waals surface area contributed by atoms with Gasteiger partial charge in [-0.25, -0.2) is 4.79 Å². The third kappa shape index (κ3) is 3.67. The summed E-state index contributed by atoms with van der Waals surface area (Å²) in [5, 5.41) is 7.20. The molecule has 2 heterocycles. The molecule has 2 aromatic heterocycles. The lowest BCUT2D eigenvalue weighted by atomic mass is 10.2. The van der Waals surface area contributed by atoms with E-state index in [0.29, 0.717) is 21.7 Å². The Morgan fingerprint density at radius 2 is 2.13 bits per heavy atom. The monoisotopic (exact) mass is 331 g/mol. The molecule has 3 N–H and O–H groups in total. The largest absolute Gasteiger partial charge is 0.417 e. The highest BCUT2D eigenvalue weighted by molar-refractivity contribution is 7.12. The highest BCUT2D eigenvalue weighted by atomic mass is 32.1. The van der Waals surface area contributed by atoms with E-state index in [4.69, 9.17) is 4.42 Å². The van der Waals surface area contributed by atoms with Crippen LogP contribution in [0.5, 0.6) is 0 Å². The van der Waals surface area contributed by atoms with Gasteiger partial charge in [-0.1, -0.05) is 6.07 Å². The molecule has 0 saturated carbocycles. The van der Waals surface area contributed by atoms with E-state index in [-0.39, 0.29) is 24.8 Å². The Morgan fingerprint density at radius 1 is 1.26 bits per heavy atom.